The molecule has 21 heavy (non-hydrogen) atoms. The first-order valence-electron chi connectivity index (χ1n) is 7.81. The topological polar surface area (TPSA) is 28.2 Å². The van der Waals surface area contributed by atoms with E-state index < -0.39 is 0 Å². The van der Waals surface area contributed by atoms with Crippen LogP contribution in [0.25, 0.3) is 10.9 Å². The summed E-state index contributed by atoms with van der Waals surface area (Å²) in [5.74, 6) is 0. The lowest BCUT2D eigenvalue weighted by atomic mass is 10.1. The molecule has 2 heterocycles. The third kappa shape index (κ3) is 2.85. The van der Waals surface area contributed by atoms with Gasteiger partial charge in [-0.25, -0.2) is 0 Å². The third-order valence-electron chi connectivity index (χ3n) is 4.66. The van der Waals surface area contributed by atoms with E-state index in [4.69, 9.17) is 0 Å². The van der Waals surface area contributed by atoms with Crippen LogP contribution in [0.2, 0.25) is 0 Å². The van der Waals surface area contributed by atoms with E-state index in [1.54, 1.807) is 0 Å². The molecule has 1 saturated heterocycles. The average Bonchev–Trinajstić information content (AvgIpc) is 3.26. The predicted octanol–water partition coefficient (Wildman–Crippen LogP) is 3.32. The fraction of sp³-hybridized carbons (Fsp3) is 0.471. The largest absolute Gasteiger partial charge is 0.309 e. The van der Waals surface area contributed by atoms with Gasteiger partial charge < -0.3 is 5.32 Å². The SMILES string of the molecule is Brc1ccc(CNC2CCN(C3CC3)C2)c2ncccc12. The van der Waals surface area contributed by atoms with Crippen LogP contribution in [0, 0.1) is 0 Å². The Hall–Kier alpha value is -0.970. The lowest BCUT2D eigenvalue weighted by Gasteiger charge is -2.16. The van der Waals surface area contributed by atoms with Gasteiger partial charge in [-0.05, 0) is 37.0 Å². The Kier molecular flexibility index (Phi) is 3.69. The molecule has 0 spiro atoms. The second-order valence-electron chi connectivity index (χ2n) is 6.20. The van der Waals surface area contributed by atoms with E-state index in [2.05, 4.69) is 49.3 Å². The van der Waals surface area contributed by atoms with Gasteiger partial charge in [0.15, 0.2) is 0 Å². The molecule has 1 unspecified atom stereocenters. The summed E-state index contributed by atoms with van der Waals surface area (Å²) in [7, 11) is 0. The molecule has 110 valence electrons. The molecule has 0 amide bonds. The first-order valence-corrected chi connectivity index (χ1v) is 8.60. The number of pyridine rings is 1. The molecule has 0 bridgehead atoms. The van der Waals surface area contributed by atoms with Crippen molar-refractivity contribution < 1.29 is 0 Å². The van der Waals surface area contributed by atoms with Gasteiger partial charge in [0.2, 0.25) is 0 Å². The number of hydrogen-bond donors (Lipinski definition) is 1. The second kappa shape index (κ2) is 5.67. The molecule has 4 heteroatoms. The van der Waals surface area contributed by atoms with Crippen LogP contribution in [0.15, 0.2) is 34.9 Å². The second-order valence-corrected chi connectivity index (χ2v) is 7.05. The zero-order valence-corrected chi connectivity index (χ0v) is 13.6. The number of rotatable bonds is 4. The van der Waals surface area contributed by atoms with E-state index in [1.165, 1.54) is 43.3 Å². The summed E-state index contributed by atoms with van der Waals surface area (Å²) in [6.45, 7) is 3.39. The monoisotopic (exact) mass is 345 g/mol. The molecular formula is C17H20BrN3. The highest BCUT2D eigenvalue weighted by atomic mass is 79.9. The summed E-state index contributed by atoms with van der Waals surface area (Å²) in [5.41, 5.74) is 2.40. The Labute approximate surface area is 133 Å². The zero-order chi connectivity index (χ0) is 14.2. The maximum Gasteiger partial charge on any atom is 0.0758 e. The van der Waals surface area contributed by atoms with Crippen molar-refractivity contribution in [3.8, 4) is 0 Å². The van der Waals surface area contributed by atoms with Crippen LogP contribution in [-0.2, 0) is 6.54 Å². The van der Waals surface area contributed by atoms with E-state index in [0.717, 1.165) is 22.6 Å². The quantitative estimate of drug-likeness (QED) is 0.921. The number of nitrogens with zero attached hydrogens (tertiary/aromatic N) is 2. The minimum Gasteiger partial charge on any atom is -0.309 e. The van der Waals surface area contributed by atoms with Gasteiger partial charge in [-0.1, -0.05) is 28.1 Å². The van der Waals surface area contributed by atoms with Crippen LogP contribution in [-0.4, -0.2) is 35.1 Å². The molecule has 1 aliphatic heterocycles. The Balaban J connectivity index is 1.46. The maximum atomic E-state index is 4.56. The summed E-state index contributed by atoms with van der Waals surface area (Å²) >= 11 is 3.61. The summed E-state index contributed by atoms with van der Waals surface area (Å²) in [6.07, 6.45) is 5.98. The average molecular weight is 346 g/mol. The van der Waals surface area contributed by atoms with E-state index in [1.807, 2.05) is 12.3 Å². The minimum atomic E-state index is 0.632. The van der Waals surface area contributed by atoms with E-state index in [-0.39, 0.29) is 0 Å². The fourth-order valence-corrected chi connectivity index (χ4v) is 3.77. The minimum absolute atomic E-state index is 0.632. The smallest absolute Gasteiger partial charge is 0.0758 e. The fourth-order valence-electron chi connectivity index (χ4n) is 3.32. The van der Waals surface area contributed by atoms with Crippen LogP contribution in [0.3, 0.4) is 0 Å². The summed E-state index contributed by atoms with van der Waals surface area (Å²) < 4.78 is 1.12. The van der Waals surface area contributed by atoms with Crippen molar-refractivity contribution in [1.82, 2.24) is 15.2 Å². The maximum absolute atomic E-state index is 4.56. The number of nitrogens with one attached hydrogen (secondary N) is 1. The number of aromatic nitrogens is 1. The van der Waals surface area contributed by atoms with Gasteiger partial charge in [-0.2, -0.15) is 0 Å². The number of likely N-dealkylation sites (tertiary alicyclic amines) is 1. The van der Waals surface area contributed by atoms with Crippen LogP contribution in [0.1, 0.15) is 24.8 Å². The molecule has 2 aromatic rings. The van der Waals surface area contributed by atoms with Crippen molar-refractivity contribution in [1.29, 1.82) is 0 Å². The van der Waals surface area contributed by atoms with Gasteiger partial charge in [-0.15, -0.1) is 0 Å². The molecule has 2 aliphatic rings. The van der Waals surface area contributed by atoms with Gasteiger partial charge in [0.25, 0.3) is 0 Å². The van der Waals surface area contributed by atoms with E-state index >= 15 is 0 Å². The van der Waals surface area contributed by atoms with Crippen molar-refractivity contribution in [2.75, 3.05) is 13.1 Å². The molecule has 2 fully saturated rings. The van der Waals surface area contributed by atoms with Crippen molar-refractivity contribution in [2.45, 2.75) is 37.9 Å². The first-order chi connectivity index (χ1) is 10.3. The molecule has 1 N–H and O–H groups in total. The van der Waals surface area contributed by atoms with Gasteiger partial charge >= 0.3 is 0 Å². The number of benzene rings is 1. The Bertz CT molecular complexity index is 654. The Morgan fingerprint density at radius 1 is 1.24 bits per heavy atom. The highest BCUT2D eigenvalue weighted by molar-refractivity contribution is 9.10. The highest BCUT2D eigenvalue weighted by Crippen LogP contribution is 2.30. The molecular weight excluding hydrogens is 326 g/mol. The van der Waals surface area contributed by atoms with Gasteiger partial charge in [0.1, 0.15) is 0 Å². The van der Waals surface area contributed by atoms with Crippen molar-refractivity contribution in [3.05, 3.63) is 40.5 Å². The van der Waals surface area contributed by atoms with Crippen LogP contribution < -0.4 is 5.32 Å². The van der Waals surface area contributed by atoms with Crippen LogP contribution in [0.5, 0.6) is 0 Å². The van der Waals surface area contributed by atoms with Crippen LogP contribution >= 0.6 is 15.9 Å². The summed E-state index contributed by atoms with van der Waals surface area (Å²) in [6, 6.07) is 9.96. The molecule has 1 aromatic carbocycles. The number of halogens is 1. The highest BCUT2D eigenvalue weighted by Gasteiger charge is 2.34. The predicted molar refractivity (Wildman–Crippen MR) is 89.3 cm³/mol. The molecule has 1 aliphatic carbocycles. The lowest BCUT2D eigenvalue weighted by molar-refractivity contribution is 0.317. The van der Waals surface area contributed by atoms with Gasteiger partial charge in [0.05, 0.1) is 5.52 Å². The van der Waals surface area contributed by atoms with Crippen molar-refractivity contribution in [2.24, 2.45) is 0 Å². The van der Waals surface area contributed by atoms with Crippen molar-refractivity contribution in [3.63, 3.8) is 0 Å². The standard InChI is InChI=1S/C17H20BrN3/c18-16-6-3-12(17-15(16)2-1-8-19-17)10-20-13-7-9-21(11-13)14-4-5-14/h1-3,6,8,13-14,20H,4-5,7,9-11H2. The van der Waals surface area contributed by atoms with E-state index in [9.17, 15) is 0 Å². The third-order valence-corrected chi connectivity index (χ3v) is 5.36. The summed E-state index contributed by atoms with van der Waals surface area (Å²) in [5, 5.41) is 4.92. The normalized spacial score (nSPS) is 23.0. The lowest BCUT2D eigenvalue weighted by Crippen LogP contribution is -2.32. The summed E-state index contributed by atoms with van der Waals surface area (Å²) in [4.78, 5) is 7.21. The molecule has 1 atom stereocenters. The Morgan fingerprint density at radius 3 is 3.00 bits per heavy atom. The Morgan fingerprint density at radius 2 is 2.14 bits per heavy atom. The molecule has 1 aromatic heterocycles. The molecule has 3 nitrogen and oxygen atoms in total. The number of fused-ring (bicyclic) bond motifs is 1. The zero-order valence-electron chi connectivity index (χ0n) is 12.1. The molecule has 1 saturated carbocycles. The first kappa shape index (κ1) is 13.7. The number of hydrogen-bond acceptors (Lipinski definition) is 3. The van der Waals surface area contributed by atoms with Gasteiger partial charge in [-0.3, -0.25) is 9.88 Å². The van der Waals surface area contributed by atoms with E-state index in [0.29, 0.717) is 6.04 Å². The van der Waals surface area contributed by atoms with Gasteiger partial charge in [0, 0.05) is 47.8 Å². The molecule has 4 rings (SSSR count). The molecule has 0 radical (unpaired) electrons. The van der Waals surface area contributed by atoms with Crippen molar-refractivity contribution >= 4 is 26.8 Å². The van der Waals surface area contributed by atoms with Crippen LogP contribution in [0.4, 0.5) is 0 Å².